The maximum atomic E-state index is 11.5. The summed E-state index contributed by atoms with van der Waals surface area (Å²) in [6.45, 7) is 30.9. The molecular formula is C42H76O8. The largest absolute Gasteiger partial charge is 0.490 e. The van der Waals surface area contributed by atoms with Crippen LogP contribution in [0, 0.1) is 24.7 Å². The third kappa shape index (κ3) is 35.3. The van der Waals surface area contributed by atoms with Crippen LogP contribution in [0.15, 0.2) is 43.0 Å². The van der Waals surface area contributed by atoms with Gasteiger partial charge < -0.3 is 28.4 Å². The normalized spacial score (nSPS) is 14.7. The summed E-state index contributed by atoms with van der Waals surface area (Å²) in [5.41, 5.74) is 1.55. The van der Waals surface area contributed by atoms with Crippen molar-refractivity contribution in [1.82, 2.24) is 0 Å². The third-order valence-corrected chi connectivity index (χ3v) is 7.03. The Kier molecular flexibility index (Phi) is 39.1. The Morgan fingerprint density at radius 3 is 1.78 bits per heavy atom. The van der Waals surface area contributed by atoms with Gasteiger partial charge in [-0.25, -0.2) is 0 Å². The molecule has 0 heterocycles. The minimum atomic E-state index is -0.334. The SMILES string of the molecule is C=C/C=C\C.CC(C)C1CC1C.CCC.CCCOCCOCCOCCC.COCCCC(COc1ccc(C)c(C(C)=O)c1)OC(C)=O. The van der Waals surface area contributed by atoms with Crippen LogP contribution in [0.25, 0.3) is 0 Å². The lowest BCUT2D eigenvalue weighted by atomic mass is 10.1. The first-order valence-corrected chi connectivity index (χ1v) is 18.8. The molecule has 292 valence electrons. The van der Waals surface area contributed by atoms with Crippen LogP contribution in [-0.4, -0.2) is 77.8 Å². The molecule has 3 unspecified atom stereocenters. The van der Waals surface area contributed by atoms with Gasteiger partial charge in [0.15, 0.2) is 5.78 Å². The van der Waals surface area contributed by atoms with Crippen LogP contribution in [0.1, 0.15) is 124 Å². The fraction of sp³-hybridized carbons (Fsp3) is 0.714. The molecule has 1 fully saturated rings. The van der Waals surface area contributed by atoms with Crippen LogP contribution in [0.5, 0.6) is 5.75 Å². The van der Waals surface area contributed by atoms with Crippen LogP contribution >= 0.6 is 0 Å². The highest BCUT2D eigenvalue weighted by molar-refractivity contribution is 5.95. The van der Waals surface area contributed by atoms with Crippen molar-refractivity contribution < 1.29 is 38.0 Å². The number of Topliss-reactive ketones (excluding diaryl/α,β-unsaturated/α-hetero) is 1. The molecule has 0 N–H and O–H groups in total. The van der Waals surface area contributed by atoms with E-state index in [-0.39, 0.29) is 24.5 Å². The number of carbonyl (C=O) groups excluding carboxylic acids is 2. The molecule has 1 saturated carbocycles. The Hall–Kier alpha value is -2.52. The van der Waals surface area contributed by atoms with E-state index in [2.05, 4.69) is 55.0 Å². The van der Waals surface area contributed by atoms with Crippen LogP contribution in [-0.2, 0) is 28.5 Å². The van der Waals surface area contributed by atoms with Gasteiger partial charge in [0.1, 0.15) is 18.5 Å². The first-order valence-electron chi connectivity index (χ1n) is 18.8. The number of carbonyl (C=O) groups is 2. The van der Waals surface area contributed by atoms with E-state index in [1.165, 1.54) is 26.7 Å². The Balaban J connectivity index is -0.000000660. The molecule has 1 aromatic carbocycles. The average molecular weight is 709 g/mol. The van der Waals surface area contributed by atoms with Crippen molar-refractivity contribution in [3.05, 3.63) is 54.1 Å². The van der Waals surface area contributed by atoms with Gasteiger partial charge in [0.25, 0.3) is 0 Å². The van der Waals surface area contributed by atoms with Gasteiger partial charge in [-0.15, -0.1) is 0 Å². The maximum Gasteiger partial charge on any atom is 0.303 e. The summed E-state index contributed by atoms with van der Waals surface area (Å²) in [6.07, 6.45) is 11.6. The fourth-order valence-electron chi connectivity index (χ4n) is 4.37. The summed E-state index contributed by atoms with van der Waals surface area (Å²) in [6, 6.07) is 5.37. The highest BCUT2D eigenvalue weighted by Gasteiger charge is 2.34. The number of aryl methyl sites for hydroxylation is 1. The second-order valence-corrected chi connectivity index (χ2v) is 12.6. The molecule has 1 aliphatic carbocycles. The topological polar surface area (TPSA) is 89.5 Å². The molecule has 50 heavy (non-hydrogen) atoms. The number of hydrogen-bond acceptors (Lipinski definition) is 8. The van der Waals surface area contributed by atoms with E-state index >= 15 is 0 Å². The summed E-state index contributed by atoms with van der Waals surface area (Å²) in [5.74, 6) is 3.31. The summed E-state index contributed by atoms with van der Waals surface area (Å²) in [7, 11) is 1.63. The zero-order chi connectivity index (χ0) is 38.6. The first kappa shape index (κ1) is 51.8. The average Bonchev–Trinajstić information content (AvgIpc) is 3.82. The van der Waals surface area contributed by atoms with E-state index in [9.17, 15) is 9.59 Å². The smallest absolute Gasteiger partial charge is 0.303 e. The molecule has 0 aromatic heterocycles. The lowest BCUT2D eigenvalue weighted by Crippen LogP contribution is -2.24. The molecule has 0 radical (unpaired) electrons. The van der Waals surface area contributed by atoms with E-state index in [0.717, 1.165) is 55.8 Å². The van der Waals surface area contributed by atoms with Crippen LogP contribution < -0.4 is 4.74 Å². The number of methoxy groups -OCH3 is 1. The predicted octanol–water partition coefficient (Wildman–Crippen LogP) is 10.3. The first-order chi connectivity index (χ1) is 23.9. The Morgan fingerprint density at radius 1 is 0.920 bits per heavy atom. The lowest BCUT2D eigenvalue weighted by molar-refractivity contribution is -0.148. The van der Waals surface area contributed by atoms with E-state index in [1.54, 1.807) is 19.3 Å². The highest BCUT2D eigenvalue weighted by atomic mass is 16.6. The molecule has 8 nitrogen and oxygen atoms in total. The van der Waals surface area contributed by atoms with Gasteiger partial charge in [0.2, 0.25) is 0 Å². The van der Waals surface area contributed by atoms with Gasteiger partial charge >= 0.3 is 5.97 Å². The van der Waals surface area contributed by atoms with Gasteiger partial charge in [-0.05, 0) is 88.3 Å². The van der Waals surface area contributed by atoms with Gasteiger partial charge in [-0.3, -0.25) is 9.59 Å². The van der Waals surface area contributed by atoms with Crippen LogP contribution in [0.2, 0.25) is 0 Å². The summed E-state index contributed by atoms with van der Waals surface area (Å²) < 4.78 is 31.7. The van der Waals surface area contributed by atoms with E-state index in [4.69, 9.17) is 28.4 Å². The van der Waals surface area contributed by atoms with Gasteiger partial charge in [-0.1, -0.05) is 85.8 Å². The van der Waals surface area contributed by atoms with E-state index in [1.807, 2.05) is 38.1 Å². The van der Waals surface area contributed by atoms with Gasteiger partial charge in [0, 0.05) is 39.4 Å². The molecule has 2 rings (SSSR count). The number of ketones is 1. The number of benzene rings is 1. The molecule has 0 amide bonds. The molecule has 0 saturated heterocycles. The Labute approximate surface area is 307 Å². The quantitative estimate of drug-likeness (QED) is 0.0540. The number of rotatable bonds is 21. The number of allylic oxidation sites excluding steroid dienone is 3. The summed E-state index contributed by atoms with van der Waals surface area (Å²) in [4.78, 5) is 22.7. The van der Waals surface area contributed by atoms with Gasteiger partial charge in [-0.2, -0.15) is 0 Å². The number of esters is 1. The second-order valence-electron chi connectivity index (χ2n) is 12.6. The molecule has 0 bridgehead atoms. The molecular weight excluding hydrogens is 632 g/mol. The maximum absolute atomic E-state index is 11.5. The van der Waals surface area contributed by atoms with Gasteiger partial charge in [0.05, 0.1) is 26.4 Å². The summed E-state index contributed by atoms with van der Waals surface area (Å²) in [5, 5.41) is 0. The summed E-state index contributed by atoms with van der Waals surface area (Å²) >= 11 is 0. The molecule has 8 heteroatoms. The molecule has 1 aliphatic rings. The van der Waals surface area contributed by atoms with Crippen LogP contribution in [0.4, 0.5) is 0 Å². The second kappa shape index (κ2) is 37.7. The fourth-order valence-corrected chi connectivity index (χ4v) is 4.37. The van der Waals surface area contributed by atoms with Crippen molar-refractivity contribution in [2.24, 2.45) is 17.8 Å². The molecule has 1 aromatic rings. The molecule has 0 spiro atoms. The van der Waals surface area contributed by atoms with Crippen molar-refractivity contribution in [3.63, 3.8) is 0 Å². The monoisotopic (exact) mass is 709 g/mol. The van der Waals surface area contributed by atoms with Crippen molar-refractivity contribution in [3.8, 4) is 5.75 Å². The number of hydrogen-bond donors (Lipinski definition) is 0. The minimum Gasteiger partial charge on any atom is -0.490 e. The van der Waals surface area contributed by atoms with Crippen LogP contribution in [0.3, 0.4) is 0 Å². The van der Waals surface area contributed by atoms with E-state index in [0.29, 0.717) is 50.8 Å². The molecule has 0 aliphatic heterocycles. The highest BCUT2D eigenvalue weighted by Crippen LogP contribution is 2.43. The zero-order valence-electron chi connectivity index (χ0n) is 34.1. The minimum absolute atomic E-state index is 0.000388. The Morgan fingerprint density at radius 2 is 1.44 bits per heavy atom. The molecule has 3 atom stereocenters. The Bertz CT molecular complexity index is 949. The van der Waals surface area contributed by atoms with E-state index < -0.39 is 0 Å². The van der Waals surface area contributed by atoms with Crippen molar-refractivity contribution in [1.29, 1.82) is 0 Å². The third-order valence-electron chi connectivity index (χ3n) is 7.03. The predicted molar refractivity (Wildman–Crippen MR) is 209 cm³/mol. The number of ether oxygens (including phenoxy) is 6. The van der Waals surface area contributed by atoms with Crippen molar-refractivity contribution in [2.75, 3.05) is 60.0 Å². The standard InChI is InChI=1S/C17H24O5.C10H22O3.C7H14.C5H8.C3H8/c1-12-7-8-15(10-17(12)13(2)18)21-11-16(22-14(3)19)6-5-9-20-4;1-3-5-11-7-9-13-10-8-12-6-4-2;1-5(2)7-4-6(7)3;1-3-5-4-2;1-3-2/h7-8,10,16H,5-6,9,11H2,1-4H3;3-10H2,1-2H3;5-7H,4H2,1-3H3;3-5H,1H2,2H3;3H2,1-2H3/b;;;5-4-;. The zero-order valence-corrected chi connectivity index (χ0v) is 34.1. The van der Waals surface area contributed by atoms with Crippen molar-refractivity contribution in [2.45, 2.75) is 121 Å². The lowest BCUT2D eigenvalue weighted by Gasteiger charge is -2.18. The van der Waals surface area contributed by atoms with Crippen molar-refractivity contribution >= 4 is 11.8 Å².